The lowest BCUT2D eigenvalue weighted by Crippen LogP contribution is -2.26. The molecule has 0 unspecified atom stereocenters. The number of thioether (sulfide) groups is 1. The lowest BCUT2D eigenvalue weighted by atomic mass is 10.2. The van der Waals surface area contributed by atoms with Gasteiger partial charge in [-0.3, -0.25) is 4.79 Å². The predicted octanol–water partition coefficient (Wildman–Crippen LogP) is 3.25. The third-order valence-corrected chi connectivity index (χ3v) is 4.90. The highest BCUT2D eigenvalue weighted by atomic mass is 32.2. The topological polar surface area (TPSA) is 94.8 Å². The Kier molecular flexibility index (Phi) is 5.32. The van der Waals surface area contributed by atoms with Gasteiger partial charge in [0.25, 0.3) is 0 Å². The first-order valence-electron chi connectivity index (χ1n) is 8.01. The summed E-state index contributed by atoms with van der Waals surface area (Å²) in [6.07, 6.45) is 1.34. The van der Waals surface area contributed by atoms with Gasteiger partial charge in [0.05, 0.1) is 29.4 Å². The maximum absolute atomic E-state index is 12.3. The van der Waals surface area contributed by atoms with Crippen LogP contribution in [0.4, 0.5) is 5.69 Å². The van der Waals surface area contributed by atoms with Crippen molar-refractivity contribution in [2.24, 2.45) is 0 Å². The number of fused-ring (bicyclic) bond motifs is 1. The van der Waals surface area contributed by atoms with Crippen LogP contribution in [0.1, 0.15) is 40.3 Å². The number of benzene rings is 1. The van der Waals surface area contributed by atoms with Crippen molar-refractivity contribution in [1.29, 1.82) is 0 Å². The molecule has 8 heteroatoms. The van der Waals surface area contributed by atoms with Crippen molar-refractivity contribution in [3.05, 3.63) is 47.4 Å². The zero-order valence-corrected chi connectivity index (χ0v) is 15.1. The maximum Gasteiger partial charge on any atom is 0.341 e. The van der Waals surface area contributed by atoms with Crippen LogP contribution in [-0.4, -0.2) is 29.7 Å². The number of hydrogen-bond donors (Lipinski definition) is 1. The van der Waals surface area contributed by atoms with E-state index in [9.17, 15) is 14.4 Å². The molecule has 3 rings (SSSR count). The maximum atomic E-state index is 12.3. The molecule has 136 valence electrons. The molecule has 1 aromatic carbocycles. The molecule has 26 heavy (non-hydrogen) atoms. The Labute approximate surface area is 154 Å². The second-order valence-corrected chi connectivity index (χ2v) is 6.90. The summed E-state index contributed by atoms with van der Waals surface area (Å²) < 4.78 is 15.3. The monoisotopic (exact) mass is 375 g/mol. The van der Waals surface area contributed by atoms with Gasteiger partial charge in [-0.1, -0.05) is 0 Å². The lowest BCUT2D eigenvalue weighted by molar-refractivity contribution is -0.115. The number of carbonyl (C=O) groups excluding carboxylic acids is 3. The van der Waals surface area contributed by atoms with Crippen molar-refractivity contribution in [3.8, 4) is 0 Å². The number of rotatable bonds is 5. The molecule has 1 aromatic heterocycles. The molecule has 0 saturated heterocycles. The van der Waals surface area contributed by atoms with E-state index >= 15 is 0 Å². The van der Waals surface area contributed by atoms with Crippen LogP contribution in [0.15, 0.2) is 39.8 Å². The van der Waals surface area contributed by atoms with Gasteiger partial charge in [-0.15, -0.1) is 11.8 Å². The summed E-state index contributed by atoms with van der Waals surface area (Å²) in [6, 6.07) is 6.44. The van der Waals surface area contributed by atoms with Gasteiger partial charge in [0.2, 0.25) is 5.91 Å². The van der Waals surface area contributed by atoms with E-state index in [-0.39, 0.29) is 35.7 Å². The number of nitrogens with one attached hydrogen (secondary N) is 1. The molecule has 7 nitrogen and oxygen atoms in total. The predicted molar refractivity (Wildman–Crippen MR) is 94.2 cm³/mol. The summed E-state index contributed by atoms with van der Waals surface area (Å²) in [6.45, 7) is 3.55. The molecule has 1 amide bonds. The molecular formula is C18H17NO6S. The number of esters is 2. The van der Waals surface area contributed by atoms with Crippen LogP contribution in [0, 0.1) is 0 Å². The zero-order chi connectivity index (χ0) is 18.7. The summed E-state index contributed by atoms with van der Waals surface area (Å²) in [5.74, 6) is -1.01. The van der Waals surface area contributed by atoms with Crippen molar-refractivity contribution in [2.45, 2.75) is 30.6 Å². The molecule has 0 bridgehead atoms. The summed E-state index contributed by atoms with van der Waals surface area (Å²) in [4.78, 5) is 36.7. The molecule has 0 radical (unpaired) electrons. The summed E-state index contributed by atoms with van der Waals surface area (Å²) >= 11 is 1.43. The smallest absolute Gasteiger partial charge is 0.341 e. The molecule has 2 aromatic rings. The van der Waals surface area contributed by atoms with E-state index in [4.69, 9.17) is 13.9 Å². The van der Waals surface area contributed by atoms with E-state index in [1.54, 1.807) is 25.1 Å². The van der Waals surface area contributed by atoms with Crippen molar-refractivity contribution in [3.63, 3.8) is 0 Å². The second-order valence-electron chi connectivity index (χ2n) is 5.51. The van der Waals surface area contributed by atoms with E-state index in [1.165, 1.54) is 24.1 Å². The molecule has 0 fully saturated rings. The average Bonchev–Trinajstić information content (AvgIpc) is 3.09. The van der Waals surface area contributed by atoms with Crippen LogP contribution in [0.2, 0.25) is 0 Å². The number of hydrogen-bond acceptors (Lipinski definition) is 7. The first kappa shape index (κ1) is 18.1. The number of anilines is 1. The summed E-state index contributed by atoms with van der Waals surface area (Å²) in [5, 5.41) is 2.59. The quantitative estimate of drug-likeness (QED) is 0.802. The Hall–Kier alpha value is -2.74. The normalized spacial score (nSPS) is 15.8. The first-order valence-corrected chi connectivity index (χ1v) is 8.89. The van der Waals surface area contributed by atoms with Gasteiger partial charge in [0.1, 0.15) is 5.56 Å². The molecule has 0 saturated carbocycles. The number of ether oxygens (including phenoxy) is 2. The van der Waals surface area contributed by atoms with E-state index < -0.39 is 11.9 Å². The van der Waals surface area contributed by atoms with Crippen LogP contribution in [0.25, 0.3) is 0 Å². The van der Waals surface area contributed by atoms with Gasteiger partial charge in [-0.25, -0.2) is 9.59 Å². The number of amides is 1. The van der Waals surface area contributed by atoms with Gasteiger partial charge >= 0.3 is 11.9 Å². The Morgan fingerprint density at radius 3 is 2.81 bits per heavy atom. The Balaban J connectivity index is 1.68. The molecule has 1 aliphatic heterocycles. The highest BCUT2D eigenvalue weighted by molar-refractivity contribution is 8.00. The Morgan fingerprint density at radius 1 is 1.23 bits per heavy atom. The largest absolute Gasteiger partial charge is 0.465 e. The van der Waals surface area contributed by atoms with Crippen LogP contribution < -0.4 is 5.32 Å². The van der Waals surface area contributed by atoms with E-state index in [1.807, 2.05) is 6.92 Å². The van der Waals surface area contributed by atoms with Crippen molar-refractivity contribution in [2.75, 3.05) is 11.9 Å². The molecule has 1 aliphatic rings. The fourth-order valence-electron chi connectivity index (χ4n) is 2.39. The second kappa shape index (κ2) is 7.65. The zero-order valence-electron chi connectivity index (χ0n) is 14.2. The van der Waals surface area contributed by atoms with Gasteiger partial charge in [0.15, 0.2) is 12.4 Å². The van der Waals surface area contributed by atoms with Crippen molar-refractivity contribution in [1.82, 2.24) is 0 Å². The van der Waals surface area contributed by atoms with Crippen LogP contribution in [0.3, 0.4) is 0 Å². The molecule has 0 spiro atoms. The van der Waals surface area contributed by atoms with E-state index in [2.05, 4.69) is 5.32 Å². The average molecular weight is 375 g/mol. The molecule has 0 aliphatic carbocycles. The third kappa shape index (κ3) is 3.75. The fraction of sp³-hybridized carbons (Fsp3) is 0.278. The molecule has 1 atom stereocenters. The van der Waals surface area contributed by atoms with Gasteiger partial charge in [-0.2, -0.15) is 0 Å². The standard InChI is InChI=1S/C18H17NO6S/c1-3-23-18(22)12-6-7-24-14(12)9-25-17(21)11-4-5-15-13(8-11)19-16(20)10(2)26-15/h4-8,10H,3,9H2,1-2H3,(H,19,20)/t10-/m1/s1. The van der Waals surface area contributed by atoms with Gasteiger partial charge < -0.3 is 19.2 Å². The van der Waals surface area contributed by atoms with Crippen molar-refractivity contribution >= 4 is 35.3 Å². The molecular weight excluding hydrogens is 358 g/mol. The van der Waals surface area contributed by atoms with Crippen molar-refractivity contribution < 1.29 is 28.3 Å². The number of furan rings is 1. The number of carbonyl (C=O) groups is 3. The Bertz CT molecular complexity index is 859. The highest BCUT2D eigenvalue weighted by Crippen LogP contribution is 2.36. The minimum atomic E-state index is -0.586. The van der Waals surface area contributed by atoms with Crippen LogP contribution >= 0.6 is 11.8 Å². The summed E-state index contributed by atoms with van der Waals surface area (Å²) in [7, 11) is 0. The first-order chi connectivity index (χ1) is 12.5. The van der Waals surface area contributed by atoms with E-state index in [0.717, 1.165) is 4.90 Å². The Morgan fingerprint density at radius 2 is 2.04 bits per heavy atom. The fourth-order valence-corrected chi connectivity index (χ4v) is 3.32. The lowest BCUT2D eigenvalue weighted by Gasteiger charge is -2.21. The molecule has 2 heterocycles. The van der Waals surface area contributed by atoms with Crippen LogP contribution in [0.5, 0.6) is 0 Å². The minimum absolute atomic E-state index is 0.109. The van der Waals surface area contributed by atoms with Gasteiger partial charge in [-0.05, 0) is 38.1 Å². The highest BCUT2D eigenvalue weighted by Gasteiger charge is 2.24. The molecule has 1 N–H and O–H groups in total. The van der Waals surface area contributed by atoms with Gasteiger partial charge in [0, 0.05) is 4.90 Å². The van der Waals surface area contributed by atoms with E-state index in [0.29, 0.717) is 11.3 Å². The summed E-state index contributed by atoms with van der Waals surface area (Å²) in [5.41, 5.74) is 1.10. The SMILES string of the molecule is CCOC(=O)c1ccoc1COC(=O)c1ccc2c(c1)NC(=O)[C@@H](C)S2. The minimum Gasteiger partial charge on any atom is -0.465 e. The van der Waals surface area contributed by atoms with Crippen LogP contribution in [-0.2, 0) is 20.9 Å². The third-order valence-electron chi connectivity index (χ3n) is 3.72.